The van der Waals surface area contributed by atoms with Crippen molar-refractivity contribution < 1.29 is 22.4 Å². The Bertz CT molecular complexity index is 1350. The topological polar surface area (TPSA) is 86.8 Å². The van der Waals surface area contributed by atoms with Gasteiger partial charge in [-0.2, -0.15) is 0 Å². The molecule has 190 valence electrons. The first-order valence-electron chi connectivity index (χ1n) is 11.1. The van der Waals surface area contributed by atoms with Gasteiger partial charge < -0.3 is 10.2 Å². The number of carbonyl (C=O) groups is 2. The van der Waals surface area contributed by atoms with Crippen molar-refractivity contribution in [2.24, 2.45) is 0 Å². The monoisotopic (exact) mass is 531 g/mol. The third kappa shape index (κ3) is 6.22. The maximum Gasteiger partial charge on any atom is 0.264 e. The first-order chi connectivity index (χ1) is 17.0. The highest BCUT2D eigenvalue weighted by Crippen LogP contribution is 2.27. The number of amides is 2. The van der Waals surface area contributed by atoms with Crippen molar-refractivity contribution in [3.8, 4) is 0 Å². The molecule has 1 atom stereocenters. The number of nitrogens with zero attached hydrogens (tertiary/aromatic N) is 2. The molecule has 2 amide bonds. The van der Waals surface area contributed by atoms with E-state index in [2.05, 4.69) is 5.32 Å². The number of benzene rings is 3. The first kappa shape index (κ1) is 27.2. The van der Waals surface area contributed by atoms with E-state index in [4.69, 9.17) is 11.6 Å². The Kier molecular flexibility index (Phi) is 8.70. The number of likely N-dealkylation sites (N-methyl/N-ethyl adjacent to an activating group) is 1. The smallest absolute Gasteiger partial charge is 0.264 e. The molecule has 3 aromatic rings. The summed E-state index contributed by atoms with van der Waals surface area (Å²) in [6.45, 7) is 2.46. The lowest BCUT2D eigenvalue weighted by molar-refractivity contribution is -0.139. The second-order valence-electron chi connectivity index (χ2n) is 8.21. The zero-order valence-electron chi connectivity index (χ0n) is 20.1. The van der Waals surface area contributed by atoms with E-state index in [1.807, 2.05) is 6.92 Å². The number of carbonyl (C=O) groups excluding carboxylic acids is 2. The van der Waals surface area contributed by atoms with Gasteiger partial charge >= 0.3 is 0 Å². The molecule has 0 bridgehead atoms. The number of aryl methyl sites for hydroxylation is 1. The summed E-state index contributed by atoms with van der Waals surface area (Å²) >= 11 is 6.13. The van der Waals surface area contributed by atoms with E-state index < -0.39 is 40.2 Å². The third-order valence-corrected chi connectivity index (χ3v) is 7.72. The molecule has 1 N–H and O–H groups in total. The minimum atomic E-state index is -4.20. The molecular formula is C26H27ClFN3O4S. The molecule has 3 aromatic carbocycles. The lowest BCUT2D eigenvalue weighted by atomic mass is 10.1. The molecule has 0 aromatic heterocycles. The molecule has 0 radical (unpaired) electrons. The van der Waals surface area contributed by atoms with Crippen LogP contribution < -0.4 is 9.62 Å². The van der Waals surface area contributed by atoms with Gasteiger partial charge in [0, 0.05) is 24.2 Å². The predicted octanol–water partition coefficient (Wildman–Crippen LogP) is 4.15. The molecule has 7 nitrogen and oxygen atoms in total. The van der Waals surface area contributed by atoms with Crippen LogP contribution in [-0.2, 0) is 26.2 Å². The van der Waals surface area contributed by atoms with E-state index in [1.54, 1.807) is 30.3 Å². The number of hydrogen-bond donors (Lipinski definition) is 1. The lowest BCUT2D eigenvalue weighted by Crippen LogP contribution is -2.50. The Morgan fingerprint density at radius 1 is 1.03 bits per heavy atom. The molecule has 0 saturated carbocycles. The van der Waals surface area contributed by atoms with Crippen molar-refractivity contribution in [1.82, 2.24) is 10.2 Å². The second-order valence-corrected chi connectivity index (χ2v) is 10.5. The molecular weight excluding hydrogens is 505 g/mol. The predicted molar refractivity (Wildman–Crippen MR) is 138 cm³/mol. The average Bonchev–Trinajstić information content (AvgIpc) is 2.85. The Hall–Kier alpha value is -3.43. The van der Waals surface area contributed by atoms with Gasteiger partial charge in [-0.25, -0.2) is 12.8 Å². The number of halogens is 2. The van der Waals surface area contributed by atoms with Crippen molar-refractivity contribution in [2.45, 2.75) is 31.3 Å². The number of rotatable bonds is 9. The van der Waals surface area contributed by atoms with Gasteiger partial charge in [-0.15, -0.1) is 0 Å². The molecule has 0 aliphatic carbocycles. The van der Waals surface area contributed by atoms with Gasteiger partial charge in [0.1, 0.15) is 18.4 Å². The van der Waals surface area contributed by atoms with Crippen LogP contribution in [0.25, 0.3) is 0 Å². The summed E-state index contributed by atoms with van der Waals surface area (Å²) in [5.41, 5.74) is 1.24. The van der Waals surface area contributed by atoms with Crippen LogP contribution in [0.4, 0.5) is 10.1 Å². The normalized spacial score (nSPS) is 12.0. The lowest BCUT2D eigenvalue weighted by Gasteiger charge is -2.32. The highest BCUT2D eigenvalue weighted by molar-refractivity contribution is 7.92. The van der Waals surface area contributed by atoms with Gasteiger partial charge in [0.25, 0.3) is 10.0 Å². The Morgan fingerprint density at radius 3 is 2.31 bits per heavy atom. The zero-order valence-corrected chi connectivity index (χ0v) is 21.7. The molecule has 36 heavy (non-hydrogen) atoms. The SMILES string of the molecule is CNC(=O)[C@H](C)N(Cc1ccccc1F)C(=O)CN(c1cccc(Cl)c1)S(=O)(=O)c1ccc(C)cc1. The van der Waals surface area contributed by atoms with Crippen LogP contribution in [0.3, 0.4) is 0 Å². The molecule has 0 spiro atoms. The number of hydrogen-bond acceptors (Lipinski definition) is 4. The van der Waals surface area contributed by atoms with Crippen LogP contribution in [0, 0.1) is 12.7 Å². The van der Waals surface area contributed by atoms with Crippen molar-refractivity contribution in [3.63, 3.8) is 0 Å². The summed E-state index contributed by atoms with van der Waals surface area (Å²) in [7, 11) is -2.77. The minimum absolute atomic E-state index is 0.0131. The highest BCUT2D eigenvalue weighted by atomic mass is 35.5. The van der Waals surface area contributed by atoms with Crippen LogP contribution in [0.1, 0.15) is 18.1 Å². The van der Waals surface area contributed by atoms with Gasteiger partial charge in [0.15, 0.2) is 0 Å². The Labute approximate surface area is 215 Å². The van der Waals surface area contributed by atoms with Crippen molar-refractivity contribution in [3.05, 3.63) is 94.8 Å². The largest absolute Gasteiger partial charge is 0.357 e. The van der Waals surface area contributed by atoms with Gasteiger partial charge in [0.05, 0.1) is 10.6 Å². The fraction of sp³-hybridized carbons (Fsp3) is 0.231. The molecule has 10 heteroatoms. The molecule has 0 aliphatic heterocycles. The number of nitrogens with one attached hydrogen (secondary N) is 1. The number of sulfonamides is 1. The molecule has 0 fully saturated rings. The van der Waals surface area contributed by atoms with Gasteiger partial charge in [-0.05, 0) is 50.2 Å². The highest BCUT2D eigenvalue weighted by Gasteiger charge is 2.32. The van der Waals surface area contributed by atoms with Crippen molar-refractivity contribution >= 4 is 39.1 Å². The molecule has 3 rings (SSSR count). The Morgan fingerprint density at radius 2 is 1.69 bits per heavy atom. The van der Waals surface area contributed by atoms with E-state index in [9.17, 15) is 22.4 Å². The second kappa shape index (κ2) is 11.5. The molecule has 0 saturated heterocycles. The molecule has 0 heterocycles. The van der Waals surface area contributed by atoms with E-state index in [0.29, 0.717) is 0 Å². The third-order valence-electron chi connectivity index (χ3n) is 5.70. The minimum Gasteiger partial charge on any atom is -0.357 e. The number of anilines is 1. The van der Waals surface area contributed by atoms with Gasteiger partial charge in [0.2, 0.25) is 11.8 Å². The van der Waals surface area contributed by atoms with E-state index in [0.717, 1.165) is 14.8 Å². The average molecular weight is 532 g/mol. The summed E-state index contributed by atoms with van der Waals surface area (Å²) in [4.78, 5) is 27.2. The summed E-state index contributed by atoms with van der Waals surface area (Å²) in [6, 6.07) is 17.2. The van der Waals surface area contributed by atoms with Gasteiger partial charge in [-0.3, -0.25) is 13.9 Å². The van der Waals surface area contributed by atoms with E-state index in [-0.39, 0.29) is 27.7 Å². The fourth-order valence-electron chi connectivity index (χ4n) is 3.60. The maximum absolute atomic E-state index is 14.4. The van der Waals surface area contributed by atoms with Crippen LogP contribution >= 0.6 is 11.6 Å². The maximum atomic E-state index is 14.4. The summed E-state index contributed by atoms with van der Waals surface area (Å²) in [5, 5.41) is 2.76. The summed E-state index contributed by atoms with van der Waals surface area (Å²) < 4.78 is 42.7. The zero-order chi connectivity index (χ0) is 26.5. The van der Waals surface area contributed by atoms with Crippen LogP contribution in [0.15, 0.2) is 77.7 Å². The van der Waals surface area contributed by atoms with E-state index in [1.165, 1.54) is 56.4 Å². The quantitative estimate of drug-likeness (QED) is 0.449. The standard InChI is InChI=1S/C26H27ClFN3O4S/c1-18-11-13-23(14-12-18)36(34,35)31(22-9-6-8-21(27)15-22)17-25(32)30(19(2)26(33)29-3)16-20-7-4-5-10-24(20)28/h4-15,19H,16-17H2,1-3H3,(H,29,33)/t19-/m0/s1. The summed E-state index contributed by atoms with van der Waals surface area (Å²) in [6.07, 6.45) is 0. The molecule has 0 aliphatic rings. The molecule has 0 unspecified atom stereocenters. The Balaban J connectivity index is 2.05. The van der Waals surface area contributed by atoms with Crippen LogP contribution in [-0.4, -0.2) is 44.8 Å². The van der Waals surface area contributed by atoms with Crippen LogP contribution in [0.2, 0.25) is 5.02 Å². The summed E-state index contributed by atoms with van der Waals surface area (Å²) in [5.74, 6) is -1.71. The van der Waals surface area contributed by atoms with Crippen LogP contribution in [0.5, 0.6) is 0 Å². The van der Waals surface area contributed by atoms with Crippen molar-refractivity contribution in [1.29, 1.82) is 0 Å². The van der Waals surface area contributed by atoms with Crippen molar-refractivity contribution in [2.75, 3.05) is 17.9 Å². The van der Waals surface area contributed by atoms with E-state index >= 15 is 0 Å². The first-order valence-corrected chi connectivity index (χ1v) is 13.0. The van der Waals surface area contributed by atoms with Gasteiger partial charge in [-0.1, -0.05) is 53.6 Å². The fourth-order valence-corrected chi connectivity index (χ4v) is 5.19.